The van der Waals surface area contributed by atoms with Crippen molar-refractivity contribution in [1.29, 1.82) is 0 Å². The van der Waals surface area contributed by atoms with E-state index in [0.717, 1.165) is 21.5 Å². The molecular weight excluding hydrogens is 422 g/mol. The molecule has 1 heterocycles. The quantitative estimate of drug-likeness (QED) is 0.326. The van der Waals surface area contributed by atoms with Crippen molar-refractivity contribution in [3.05, 3.63) is 84.6 Å². The van der Waals surface area contributed by atoms with Crippen molar-refractivity contribution < 1.29 is 14.3 Å². The van der Waals surface area contributed by atoms with E-state index in [-0.39, 0.29) is 17.1 Å². The number of nitrogens with one attached hydrogen (secondary N) is 3. The number of carbonyl (C=O) groups is 2. The van der Waals surface area contributed by atoms with E-state index in [4.69, 9.17) is 4.74 Å². The number of benzene rings is 3. The summed E-state index contributed by atoms with van der Waals surface area (Å²) >= 11 is 1.43. The first kappa shape index (κ1) is 21.5. The minimum atomic E-state index is -0.321. The Hall–Kier alpha value is -3.71. The number of rotatable bonds is 7. The minimum Gasteiger partial charge on any atom is -0.497 e. The normalized spacial score (nSPS) is 11.7. The van der Waals surface area contributed by atoms with Crippen molar-refractivity contribution in [3.8, 4) is 5.75 Å². The molecule has 32 heavy (non-hydrogen) atoms. The maximum absolute atomic E-state index is 12.7. The number of hydrogen-bond acceptors (Lipinski definition) is 4. The highest BCUT2D eigenvalue weighted by Gasteiger charge is 2.16. The van der Waals surface area contributed by atoms with Crippen LogP contribution < -0.4 is 15.4 Å². The number of hydrogen-bond donors (Lipinski definition) is 3. The molecule has 162 valence electrons. The van der Waals surface area contributed by atoms with Crippen LogP contribution in [0.3, 0.4) is 0 Å². The van der Waals surface area contributed by atoms with Crippen LogP contribution in [-0.4, -0.2) is 29.2 Å². The lowest BCUT2D eigenvalue weighted by Crippen LogP contribution is -2.22. The van der Waals surface area contributed by atoms with Gasteiger partial charge in [0.15, 0.2) is 0 Å². The van der Waals surface area contributed by atoms with Crippen molar-refractivity contribution in [2.24, 2.45) is 0 Å². The molecular formula is C25H23N3O3S. The van der Waals surface area contributed by atoms with Gasteiger partial charge in [0, 0.05) is 33.5 Å². The predicted molar refractivity (Wildman–Crippen MR) is 130 cm³/mol. The lowest BCUT2D eigenvalue weighted by molar-refractivity contribution is -0.115. The highest BCUT2D eigenvalue weighted by molar-refractivity contribution is 8.00. The number of carbonyl (C=O) groups excluding carboxylic acids is 2. The van der Waals surface area contributed by atoms with Gasteiger partial charge in [-0.2, -0.15) is 0 Å². The average molecular weight is 446 g/mol. The number of anilines is 2. The third-order valence-electron chi connectivity index (χ3n) is 4.93. The number of fused-ring (bicyclic) bond motifs is 1. The third-order valence-corrected chi connectivity index (χ3v) is 6.02. The highest BCUT2D eigenvalue weighted by atomic mass is 32.2. The first-order chi connectivity index (χ1) is 15.5. The van der Waals surface area contributed by atoms with E-state index >= 15 is 0 Å². The van der Waals surface area contributed by atoms with E-state index in [0.29, 0.717) is 17.0 Å². The Kier molecular flexibility index (Phi) is 6.47. The number of methoxy groups -OCH3 is 1. The lowest BCUT2D eigenvalue weighted by atomic mass is 10.2. The molecule has 0 saturated heterocycles. The Morgan fingerprint density at radius 1 is 0.938 bits per heavy atom. The summed E-state index contributed by atoms with van der Waals surface area (Å²) in [5.74, 6) is 0.306. The highest BCUT2D eigenvalue weighted by Crippen LogP contribution is 2.27. The molecule has 0 spiro atoms. The fourth-order valence-corrected chi connectivity index (χ4v) is 4.17. The molecule has 0 fully saturated rings. The monoisotopic (exact) mass is 445 g/mol. The molecule has 1 unspecified atom stereocenters. The first-order valence-corrected chi connectivity index (χ1v) is 11.0. The van der Waals surface area contributed by atoms with Crippen molar-refractivity contribution in [2.75, 3.05) is 17.7 Å². The first-order valence-electron chi connectivity index (χ1n) is 10.1. The molecule has 0 saturated carbocycles. The fraction of sp³-hybridized carbons (Fsp3) is 0.120. The summed E-state index contributed by atoms with van der Waals surface area (Å²) in [7, 11) is 1.56. The number of amides is 2. The van der Waals surface area contributed by atoms with Gasteiger partial charge in [-0.05, 0) is 66.9 Å². The summed E-state index contributed by atoms with van der Waals surface area (Å²) in [6.07, 6.45) is 1.87. The summed E-state index contributed by atoms with van der Waals surface area (Å²) < 4.78 is 5.18. The van der Waals surface area contributed by atoms with Gasteiger partial charge in [0.2, 0.25) is 5.91 Å². The van der Waals surface area contributed by atoms with Gasteiger partial charge in [0.1, 0.15) is 5.75 Å². The summed E-state index contributed by atoms with van der Waals surface area (Å²) in [5.41, 5.74) is 2.89. The summed E-state index contributed by atoms with van der Waals surface area (Å²) in [6.45, 7) is 1.86. The predicted octanol–water partition coefficient (Wildman–Crippen LogP) is 5.55. The number of thioether (sulfide) groups is 1. The third kappa shape index (κ3) is 5.12. The molecule has 0 radical (unpaired) electrons. The summed E-state index contributed by atoms with van der Waals surface area (Å²) in [5, 5.41) is 6.63. The number of aromatic amines is 1. The molecule has 1 atom stereocenters. The second-order valence-electron chi connectivity index (χ2n) is 7.24. The molecule has 0 bridgehead atoms. The molecule has 3 aromatic carbocycles. The molecule has 4 aromatic rings. The van der Waals surface area contributed by atoms with E-state index in [1.165, 1.54) is 11.8 Å². The van der Waals surface area contributed by atoms with Crippen LogP contribution in [0.1, 0.15) is 17.3 Å². The van der Waals surface area contributed by atoms with Crippen molar-refractivity contribution >= 4 is 45.9 Å². The second kappa shape index (κ2) is 9.62. The van der Waals surface area contributed by atoms with Crippen LogP contribution in [0.4, 0.5) is 11.4 Å². The zero-order valence-electron chi connectivity index (χ0n) is 17.7. The molecule has 4 rings (SSSR count). The van der Waals surface area contributed by atoms with E-state index in [1.54, 1.807) is 31.4 Å². The number of ether oxygens (including phenoxy) is 1. The lowest BCUT2D eigenvalue weighted by Gasteiger charge is -2.13. The molecule has 7 heteroatoms. The van der Waals surface area contributed by atoms with Gasteiger partial charge in [0.25, 0.3) is 5.91 Å². The number of H-pyrrole nitrogens is 1. The molecule has 0 aliphatic rings. The van der Waals surface area contributed by atoms with Gasteiger partial charge in [-0.25, -0.2) is 0 Å². The Morgan fingerprint density at radius 3 is 2.59 bits per heavy atom. The molecule has 3 N–H and O–H groups in total. The average Bonchev–Trinajstić information content (AvgIpc) is 3.27. The van der Waals surface area contributed by atoms with Crippen LogP contribution >= 0.6 is 11.8 Å². The van der Waals surface area contributed by atoms with Crippen LogP contribution in [0, 0.1) is 0 Å². The van der Waals surface area contributed by atoms with E-state index in [9.17, 15) is 9.59 Å². The topological polar surface area (TPSA) is 83.2 Å². The van der Waals surface area contributed by atoms with Crippen molar-refractivity contribution in [1.82, 2.24) is 4.98 Å². The van der Waals surface area contributed by atoms with Crippen molar-refractivity contribution in [2.45, 2.75) is 17.1 Å². The molecule has 1 aromatic heterocycles. The Bertz CT molecular complexity index is 1270. The van der Waals surface area contributed by atoms with Crippen LogP contribution in [0.2, 0.25) is 0 Å². The van der Waals surface area contributed by atoms with Crippen LogP contribution in [0.5, 0.6) is 5.75 Å². The molecule has 6 nitrogen and oxygen atoms in total. The minimum absolute atomic E-state index is 0.0910. The molecule has 2 amide bonds. The fourth-order valence-electron chi connectivity index (χ4n) is 3.24. The van der Waals surface area contributed by atoms with E-state index in [1.807, 2.05) is 61.7 Å². The van der Waals surface area contributed by atoms with E-state index < -0.39 is 0 Å². The van der Waals surface area contributed by atoms with Gasteiger partial charge in [-0.1, -0.05) is 18.2 Å². The smallest absolute Gasteiger partial charge is 0.255 e. The van der Waals surface area contributed by atoms with Gasteiger partial charge >= 0.3 is 0 Å². The number of aromatic nitrogens is 1. The van der Waals surface area contributed by atoms with Gasteiger partial charge < -0.3 is 20.4 Å². The van der Waals surface area contributed by atoms with Crippen LogP contribution in [0.25, 0.3) is 10.9 Å². The van der Waals surface area contributed by atoms with Gasteiger partial charge in [-0.15, -0.1) is 11.8 Å². The van der Waals surface area contributed by atoms with Crippen molar-refractivity contribution in [3.63, 3.8) is 0 Å². The largest absolute Gasteiger partial charge is 0.497 e. The standard InChI is InChI=1S/C25H23N3O3S/c1-16(24(29)27-20-10-9-17-11-12-26-23(17)15-20)32-22-8-4-6-19(14-22)28-25(30)18-5-3-7-21(13-18)31-2/h3-16,26H,1-2H3,(H,27,29)(H,28,30). The zero-order chi connectivity index (χ0) is 22.5. The maximum Gasteiger partial charge on any atom is 0.255 e. The van der Waals surface area contributed by atoms with E-state index in [2.05, 4.69) is 15.6 Å². The van der Waals surface area contributed by atoms with Gasteiger partial charge in [0.05, 0.1) is 12.4 Å². The SMILES string of the molecule is COc1cccc(C(=O)Nc2cccc(SC(C)C(=O)Nc3ccc4cc[nH]c4c3)c2)c1. The molecule has 0 aliphatic carbocycles. The maximum atomic E-state index is 12.7. The zero-order valence-corrected chi connectivity index (χ0v) is 18.5. The Balaban J connectivity index is 1.39. The van der Waals surface area contributed by atoms with Crippen LogP contribution in [0.15, 0.2) is 83.9 Å². The summed E-state index contributed by atoms with van der Waals surface area (Å²) in [6, 6.07) is 22.2. The second-order valence-corrected chi connectivity index (χ2v) is 8.66. The Labute approximate surface area is 190 Å². The van der Waals surface area contributed by atoms with Crippen LogP contribution in [-0.2, 0) is 4.79 Å². The molecule has 0 aliphatic heterocycles. The summed E-state index contributed by atoms with van der Waals surface area (Å²) in [4.78, 5) is 29.3. The van der Waals surface area contributed by atoms with Gasteiger partial charge in [-0.3, -0.25) is 9.59 Å². The Morgan fingerprint density at radius 2 is 1.75 bits per heavy atom.